The van der Waals surface area contributed by atoms with Crippen molar-refractivity contribution in [2.24, 2.45) is 5.92 Å². The second-order valence-electron chi connectivity index (χ2n) is 5.77. The number of piperidine rings is 1. The second kappa shape index (κ2) is 8.73. The van der Waals surface area contributed by atoms with E-state index in [2.05, 4.69) is 5.32 Å². The van der Waals surface area contributed by atoms with Gasteiger partial charge in [-0.05, 0) is 63.0 Å². The number of hydrogen-bond acceptors (Lipinski definition) is 3. The summed E-state index contributed by atoms with van der Waals surface area (Å²) >= 11 is 0. The Bertz CT molecular complexity index is 456. The number of carbonyl (C=O) groups is 1. The van der Waals surface area contributed by atoms with Crippen LogP contribution in [0.1, 0.15) is 25.7 Å². The van der Waals surface area contributed by atoms with Crippen LogP contribution in [0.25, 0.3) is 0 Å². The molecule has 0 unspecified atom stereocenters. The number of nitrogens with one attached hydrogen (secondary N) is 1. The summed E-state index contributed by atoms with van der Waals surface area (Å²) in [5.74, 6) is 1.19. The zero-order valence-electron chi connectivity index (χ0n) is 13.2. The van der Waals surface area contributed by atoms with Gasteiger partial charge in [0.1, 0.15) is 11.6 Å². The first-order chi connectivity index (χ1) is 10.7. The molecule has 1 amide bonds. The van der Waals surface area contributed by atoms with Crippen molar-refractivity contribution in [1.82, 2.24) is 10.2 Å². The van der Waals surface area contributed by atoms with Crippen molar-refractivity contribution in [3.63, 3.8) is 0 Å². The molecule has 1 aromatic carbocycles. The van der Waals surface area contributed by atoms with E-state index in [-0.39, 0.29) is 11.7 Å². The fraction of sp³-hybridized carbons (Fsp3) is 0.588. The molecule has 1 aliphatic heterocycles. The highest BCUT2D eigenvalue weighted by Crippen LogP contribution is 2.20. The summed E-state index contributed by atoms with van der Waals surface area (Å²) in [6.07, 6.45) is 3.74. The first-order valence-corrected chi connectivity index (χ1v) is 8.00. The fourth-order valence-corrected chi connectivity index (χ4v) is 2.76. The van der Waals surface area contributed by atoms with Crippen LogP contribution in [0.3, 0.4) is 0 Å². The first kappa shape index (κ1) is 16.7. The molecule has 0 saturated carbocycles. The average molecular weight is 308 g/mol. The zero-order chi connectivity index (χ0) is 15.8. The highest BCUT2D eigenvalue weighted by atomic mass is 19.1. The van der Waals surface area contributed by atoms with Gasteiger partial charge in [0.05, 0.1) is 13.0 Å². The van der Waals surface area contributed by atoms with Crippen molar-refractivity contribution in [3.8, 4) is 5.75 Å². The number of amides is 1. The Morgan fingerprint density at radius 1 is 1.32 bits per heavy atom. The van der Waals surface area contributed by atoms with Crippen molar-refractivity contribution in [2.45, 2.75) is 25.7 Å². The first-order valence-electron chi connectivity index (χ1n) is 8.00. The van der Waals surface area contributed by atoms with Gasteiger partial charge in [0.25, 0.3) is 0 Å². The van der Waals surface area contributed by atoms with Gasteiger partial charge in [-0.15, -0.1) is 0 Å². The number of likely N-dealkylation sites (tertiary alicyclic amines) is 1. The lowest BCUT2D eigenvalue weighted by atomic mass is 9.93. The number of ether oxygens (including phenoxy) is 1. The maximum Gasteiger partial charge on any atom is 0.225 e. The van der Waals surface area contributed by atoms with E-state index in [9.17, 15) is 9.18 Å². The molecule has 0 radical (unpaired) electrons. The smallest absolute Gasteiger partial charge is 0.225 e. The van der Waals surface area contributed by atoms with Gasteiger partial charge in [0, 0.05) is 13.1 Å². The highest BCUT2D eigenvalue weighted by molar-refractivity contribution is 5.76. The predicted octanol–water partition coefficient (Wildman–Crippen LogP) is 2.44. The maximum absolute atomic E-state index is 12.8. The van der Waals surface area contributed by atoms with E-state index >= 15 is 0 Å². The molecule has 0 aromatic heterocycles. The number of nitrogens with zero attached hydrogens (tertiary/aromatic N) is 1. The van der Waals surface area contributed by atoms with Gasteiger partial charge < -0.3 is 15.0 Å². The topological polar surface area (TPSA) is 41.6 Å². The van der Waals surface area contributed by atoms with E-state index in [0.29, 0.717) is 18.8 Å². The molecule has 0 spiro atoms. The summed E-state index contributed by atoms with van der Waals surface area (Å²) in [4.78, 5) is 14.1. The summed E-state index contributed by atoms with van der Waals surface area (Å²) in [7, 11) is 1.97. The van der Waals surface area contributed by atoms with E-state index < -0.39 is 0 Å². The molecule has 22 heavy (non-hydrogen) atoms. The Hall–Kier alpha value is -1.62. The van der Waals surface area contributed by atoms with Gasteiger partial charge in [-0.2, -0.15) is 0 Å². The third-order valence-corrected chi connectivity index (χ3v) is 4.17. The summed E-state index contributed by atoms with van der Waals surface area (Å²) in [6.45, 7) is 3.09. The standard InChI is InChI=1S/C17H25FN2O2/c1-19-10-6-14-7-11-20(12-8-14)17(21)9-13-22-16-4-2-15(18)3-5-16/h2-5,14,19H,6-13H2,1H3. The van der Waals surface area contributed by atoms with Gasteiger partial charge in [-0.3, -0.25) is 4.79 Å². The molecular formula is C17H25FN2O2. The van der Waals surface area contributed by atoms with Gasteiger partial charge in [-0.1, -0.05) is 0 Å². The van der Waals surface area contributed by atoms with Crippen LogP contribution >= 0.6 is 0 Å². The average Bonchev–Trinajstić information content (AvgIpc) is 2.55. The molecule has 1 aromatic rings. The minimum absolute atomic E-state index is 0.147. The van der Waals surface area contributed by atoms with Crippen LogP contribution in [-0.4, -0.2) is 44.1 Å². The maximum atomic E-state index is 12.8. The minimum atomic E-state index is -0.287. The Morgan fingerprint density at radius 3 is 2.64 bits per heavy atom. The number of benzene rings is 1. The molecule has 1 saturated heterocycles. The summed E-state index contributed by atoms with van der Waals surface area (Å²) in [5, 5.41) is 3.18. The second-order valence-corrected chi connectivity index (χ2v) is 5.77. The molecule has 4 nitrogen and oxygen atoms in total. The number of carbonyl (C=O) groups excluding carboxylic acids is 1. The van der Waals surface area contributed by atoms with Gasteiger partial charge in [0.15, 0.2) is 0 Å². The number of hydrogen-bond donors (Lipinski definition) is 1. The normalized spacial score (nSPS) is 15.8. The third-order valence-electron chi connectivity index (χ3n) is 4.17. The SMILES string of the molecule is CNCCC1CCN(C(=O)CCOc2ccc(F)cc2)CC1. The molecule has 2 rings (SSSR count). The Labute approximate surface area is 131 Å². The van der Waals surface area contributed by atoms with Gasteiger partial charge >= 0.3 is 0 Å². The largest absolute Gasteiger partial charge is 0.493 e. The fourth-order valence-electron chi connectivity index (χ4n) is 2.76. The van der Waals surface area contributed by atoms with Crippen LogP contribution in [0.15, 0.2) is 24.3 Å². The van der Waals surface area contributed by atoms with Crippen molar-refractivity contribution in [2.75, 3.05) is 33.3 Å². The quantitative estimate of drug-likeness (QED) is 0.841. The van der Waals surface area contributed by atoms with Crippen LogP contribution < -0.4 is 10.1 Å². The number of rotatable bonds is 7. The van der Waals surface area contributed by atoms with Crippen LogP contribution in [0.2, 0.25) is 0 Å². The summed E-state index contributed by atoms with van der Waals surface area (Å²) in [6, 6.07) is 5.86. The Morgan fingerprint density at radius 2 is 2.00 bits per heavy atom. The molecule has 0 atom stereocenters. The van der Waals surface area contributed by atoms with Crippen molar-refractivity contribution >= 4 is 5.91 Å². The van der Waals surface area contributed by atoms with Crippen LogP contribution in [0, 0.1) is 11.7 Å². The van der Waals surface area contributed by atoms with Gasteiger partial charge in [0.2, 0.25) is 5.91 Å². The van der Waals surface area contributed by atoms with E-state index in [1.807, 2.05) is 11.9 Å². The van der Waals surface area contributed by atoms with Crippen molar-refractivity contribution < 1.29 is 13.9 Å². The summed E-state index contributed by atoms with van der Waals surface area (Å²) in [5.41, 5.74) is 0. The van der Waals surface area contributed by atoms with E-state index in [0.717, 1.165) is 38.4 Å². The highest BCUT2D eigenvalue weighted by Gasteiger charge is 2.22. The zero-order valence-corrected chi connectivity index (χ0v) is 13.2. The lowest BCUT2D eigenvalue weighted by Gasteiger charge is -2.32. The van der Waals surface area contributed by atoms with Gasteiger partial charge in [-0.25, -0.2) is 4.39 Å². The van der Waals surface area contributed by atoms with Crippen LogP contribution in [0.4, 0.5) is 4.39 Å². The van der Waals surface area contributed by atoms with E-state index in [4.69, 9.17) is 4.74 Å². The molecule has 0 aliphatic carbocycles. The lowest BCUT2D eigenvalue weighted by Crippen LogP contribution is -2.39. The van der Waals surface area contributed by atoms with E-state index in [1.165, 1.54) is 18.6 Å². The molecule has 1 heterocycles. The third kappa shape index (κ3) is 5.30. The molecule has 1 aliphatic rings. The molecule has 1 N–H and O–H groups in total. The van der Waals surface area contributed by atoms with Crippen molar-refractivity contribution in [1.29, 1.82) is 0 Å². The molecular weight excluding hydrogens is 283 g/mol. The van der Waals surface area contributed by atoms with Crippen LogP contribution in [0.5, 0.6) is 5.75 Å². The Balaban J connectivity index is 1.64. The monoisotopic (exact) mass is 308 g/mol. The Kier molecular flexibility index (Phi) is 6.65. The van der Waals surface area contributed by atoms with Crippen molar-refractivity contribution in [3.05, 3.63) is 30.1 Å². The van der Waals surface area contributed by atoms with Crippen LogP contribution in [-0.2, 0) is 4.79 Å². The molecule has 5 heteroatoms. The predicted molar refractivity (Wildman–Crippen MR) is 84.4 cm³/mol. The molecule has 122 valence electrons. The van der Waals surface area contributed by atoms with E-state index in [1.54, 1.807) is 12.1 Å². The lowest BCUT2D eigenvalue weighted by molar-refractivity contribution is -0.133. The number of halogens is 1. The molecule has 1 fully saturated rings. The summed E-state index contributed by atoms with van der Waals surface area (Å²) < 4.78 is 18.2. The molecule has 0 bridgehead atoms. The minimum Gasteiger partial charge on any atom is -0.493 e.